The van der Waals surface area contributed by atoms with Gasteiger partial charge in [0.2, 0.25) is 0 Å². The minimum Gasteiger partial charge on any atom is -0.393 e. The third-order valence-corrected chi connectivity index (χ3v) is 8.20. The number of aliphatic hydroxyl groups is 2. The molecule has 128 valence electrons. The van der Waals surface area contributed by atoms with Crippen molar-refractivity contribution in [2.45, 2.75) is 71.5 Å². The average Bonchev–Trinajstić information content (AvgIpc) is 2.76. The Balaban J connectivity index is 1.79. The zero-order valence-corrected chi connectivity index (χ0v) is 14.6. The van der Waals surface area contributed by atoms with Crippen LogP contribution in [0, 0.1) is 34.5 Å². The van der Waals surface area contributed by atoms with Crippen LogP contribution >= 0.6 is 0 Å². The number of hydrogen-bond donors (Lipinski definition) is 2. The zero-order valence-electron chi connectivity index (χ0n) is 14.6. The second-order valence-electron chi connectivity index (χ2n) is 9.31. The molecule has 4 rings (SSSR count). The van der Waals surface area contributed by atoms with E-state index in [1.54, 1.807) is 0 Å². The van der Waals surface area contributed by atoms with Crippen LogP contribution in [0.25, 0.3) is 0 Å². The molecule has 4 aliphatic rings. The van der Waals surface area contributed by atoms with E-state index < -0.39 is 0 Å². The molecule has 4 aliphatic carbocycles. The summed E-state index contributed by atoms with van der Waals surface area (Å²) in [6.07, 6.45) is 6.42. The molecule has 8 atom stereocenters. The molecule has 0 aliphatic heterocycles. The molecule has 0 saturated heterocycles. The third-order valence-electron chi connectivity index (χ3n) is 8.20. The van der Waals surface area contributed by atoms with Crippen molar-refractivity contribution in [1.29, 1.82) is 0 Å². The van der Waals surface area contributed by atoms with E-state index in [0.717, 1.165) is 25.7 Å². The van der Waals surface area contributed by atoms with Gasteiger partial charge in [0, 0.05) is 6.42 Å². The Morgan fingerprint density at radius 2 is 1.96 bits per heavy atom. The predicted octanol–water partition coefficient (Wildman–Crippen LogP) is 3.10. The van der Waals surface area contributed by atoms with Gasteiger partial charge in [-0.05, 0) is 72.7 Å². The Morgan fingerprint density at radius 1 is 1.22 bits per heavy atom. The molecule has 0 bridgehead atoms. The summed E-state index contributed by atoms with van der Waals surface area (Å²) in [4.78, 5) is 11.9. The number of fused-ring (bicyclic) bond motifs is 5. The summed E-state index contributed by atoms with van der Waals surface area (Å²) in [5.74, 6) is 1.96. The van der Waals surface area contributed by atoms with Gasteiger partial charge in [-0.1, -0.05) is 26.3 Å². The lowest BCUT2D eigenvalue weighted by molar-refractivity contribution is -0.155. The first-order valence-electron chi connectivity index (χ1n) is 9.37. The van der Waals surface area contributed by atoms with Gasteiger partial charge in [-0.15, -0.1) is 0 Å². The maximum absolute atomic E-state index is 11.9. The molecule has 2 unspecified atom stereocenters. The van der Waals surface area contributed by atoms with Gasteiger partial charge in [0.1, 0.15) is 0 Å². The first-order chi connectivity index (χ1) is 10.8. The summed E-state index contributed by atoms with van der Waals surface area (Å²) in [7, 11) is 0. The van der Waals surface area contributed by atoms with Crippen LogP contribution in [0.5, 0.6) is 0 Å². The fraction of sp³-hybridized carbons (Fsp3) is 0.850. The second-order valence-corrected chi connectivity index (χ2v) is 9.31. The number of rotatable bonds is 0. The fourth-order valence-electron chi connectivity index (χ4n) is 6.98. The van der Waals surface area contributed by atoms with Crippen LogP contribution in [0.4, 0.5) is 0 Å². The first kappa shape index (κ1) is 15.8. The highest BCUT2D eigenvalue weighted by atomic mass is 16.3. The number of carbonyl (C=O) groups excluding carboxylic acids is 1. The van der Waals surface area contributed by atoms with E-state index in [4.69, 9.17) is 0 Å². The van der Waals surface area contributed by atoms with E-state index >= 15 is 0 Å². The van der Waals surface area contributed by atoms with Gasteiger partial charge in [0.05, 0.1) is 12.2 Å². The normalized spacial score (nSPS) is 55.7. The Kier molecular flexibility index (Phi) is 3.39. The van der Waals surface area contributed by atoms with Crippen molar-refractivity contribution in [3.63, 3.8) is 0 Å². The second kappa shape index (κ2) is 4.92. The van der Waals surface area contributed by atoms with E-state index in [1.165, 1.54) is 5.57 Å². The van der Waals surface area contributed by atoms with E-state index in [-0.39, 0.29) is 34.7 Å². The monoisotopic (exact) mass is 318 g/mol. The van der Waals surface area contributed by atoms with Crippen LogP contribution in [0.1, 0.15) is 59.3 Å². The summed E-state index contributed by atoms with van der Waals surface area (Å²) < 4.78 is 0. The maximum atomic E-state index is 11.9. The minimum atomic E-state index is -0.363. The van der Waals surface area contributed by atoms with Crippen molar-refractivity contribution in [2.24, 2.45) is 34.5 Å². The van der Waals surface area contributed by atoms with Crippen molar-refractivity contribution < 1.29 is 15.0 Å². The molecule has 0 amide bonds. The zero-order chi connectivity index (χ0) is 16.6. The van der Waals surface area contributed by atoms with E-state index in [9.17, 15) is 15.0 Å². The van der Waals surface area contributed by atoms with Gasteiger partial charge in [0.15, 0.2) is 5.78 Å². The lowest BCUT2D eigenvalue weighted by Crippen LogP contribution is -2.59. The topological polar surface area (TPSA) is 57.5 Å². The van der Waals surface area contributed by atoms with Gasteiger partial charge in [0.25, 0.3) is 0 Å². The van der Waals surface area contributed by atoms with Gasteiger partial charge < -0.3 is 10.2 Å². The van der Waals surface area contributed by atoms with Crippen molar-refractivity contribution in [3.8, 4) is 0 Å². The molecule has 0 spiro atoms. The van der Waals surface area contributed by atoms with Crippen molar-refractivity contribution in [1.82, 2.24) is 0 Å². The van der Waals surface area contributed by atoms with Crippen LogP contribution < -0.4 is 0 Å². The first-order valence-corrected chi connectivity index (χ1v) is 9.37. The highest BCUT2D eigenvalue weighted by molar-refractivity contribution is 5.91. The molecule has 0 aromatic rings. The third kappa shape index (κ3) is 1.99. The smallest absolute Gasteiger partial charge is 0.155 e. The van der Waals surface area contributed by atoms with Crippen LogP contribution in [-0.2, 0) is 4.79 Å². The van der Waals surface area contributed by atoms with Gasteiger partial charge in [-0.3, -0.25) is 4.79 Å². The van der Waals surface area contributed by atoms with Crippen LogP contribution in [0.2, 0.25) is 0 Å². The van der Waals surface area contributed by atoms with Crippen molar-refractivity contribution >= 4 is 5.78 Å². The molecule has 0 radical (unpaired) electrons. The SMILES string of the molecule is CC1CC2=CC(=O)CC[C@]2(C)[C@H]2C(O)C[C@]3(C)[C@@H](O)CC[C@H]3[C@H]12. The maximum Gasteiger partial charge on any atom is 0.155 e. The molecule has 3 fully saturated rings. The Labute approximate surface area is 139 Å². The van der Waals surface area contributed by atoms with Gasteiger partial charge >= 0.3 is 0 Å². The molecular formula is C20H30O3. The fourth-order valence-corrected chi connectivity index (χ4v) is 6.98. The quantitative estimate of drug-likeness (QED) is 0.721. The largest absolute Gasteiger partial charge is 0.393 e. The number of ketones is 1. The molecule has 0 heterocycles. The molecule has 0 aromatic carbocycles. The molecule has 0 aromatic heterocycles. The Bertz CT molecular complexity index is 567. The lowest BCUT2D eigenvalue weighted by atomic mass is 9.44. The summed E-state index contributed by atoms with van der Waals surface area (Å²) in [6.45, 7) is 6.77. The minimum absolute atomic E-state index is 0.0284. The summed E-state index contributed by atoms with van der Waals surface area (Å²) in [5, 5.41) is 21.6. The van der Waals surface area contributed by atoms with Crippen molar-refractivity contribution in [2.75, 3.05) is 0 Å². The molecule has 23 heavy (non-hydrogen) atoms. The highest BCUT2D eigenvalue weighted by Gasteiger charge is 2.63. The number of aliphatic hydroxyl groups excluding tert-OH is 2. The van der Waals surface area contributed by atoms with E-state index in [1.807, 2.05) is 6.08 Å². The summed E-state index contributed by atoms with van der Waals surface area (Å²) in [5.41, 5.74) is 1.12. The number of hydrogen-bond acceptors (Lipinski definition) is 3. The van der Waals surface area contributed by atoms with Crippen LogP contribution in [0.3, 0.4) is 0 Å². The van der Waals surface area contributed by atoms with Crippen LogP contribution in [0.15, 0.2) is 11.6 Å². The van der Waals surface area contributed by atoms with Crippen LogP contribution in [-0.4, -0.2) is 28.2 Å². The Hall–Kier alpha value is -0.670. The lowest BCUT2D eigenvalue weighted by Gasteiger charge is -2.61. The summed E-state index contributed by atoms with van der Waals surface area (Å²) in [6, 6.07) is 0. The number of allylic oxidation sites excluding steroid dienone is 1. The molecule has 3 heteroatoms. The predicted molar refractivity (Wildman–Crippen MR) is 88.7 cm³/mol. The summed E-state index contributed by atoms with van der Waals surface area (Å²) >= 11 is 0. The van der Waals surface area contributed by atoms with E-state index in [2.05, 4.69) is 20.8 Å². The molecular weight excluding hydrogens is 288 g/mol. The highest BCUT2D eigenvalue weighted by Crippen LogP contribution is 2.66. The number of carbonyl (C=O) groups is 1. The van der Waals surface area contributed by atoms with Gasteiger partial charge in [-0.2, -0.15) is 0 Å². The molecule has 3 saturated carbocycles. The molecule has 3 nitrogen and oxygen atoms in total. The standard InChI is InChI=1S/C20H30O3/c1-11-8-12-9-13(21)6-7-19(12,2)18-15(22)10-20(3)14(17(11)18)4-5-16(20)23/h9,11,14-18,22-23H,4-8,10H2,1-3H3/t11?,14-,15?,16-,17-,18-,19-,20-/m0/s1. The van der Waals surface area contributed by atoms with Gasteiger partial charge in [-0.25, -0.2) is 0 Å². The average molecular weight is 318 g/mol. The Morgan fingerprint density at radius 3 is 2.70 bits per heavy atom. The van der Waals surface area contributed by atoms with E-state index in [0.29, 0.717) is 30.6 Å². The molecule has 2 N–H and O–H groups in total. The van der Waals surface area contributed by atoms with Crippen molar-refractivity contribution in [3.05, 3.63) is 11.6 Å².